The minimum atomic E-state index is -0.198. The molecular weight excluding hydrogens is 452 g/mol. The van der Waals surface area contributed by atoms with E-state index in [1.54, 1.807) is 23.5 Å². The molecule has 1 aliphatic rings. The van der Waals surface area contributed by atoms with Crippen LogP contribution in [0.25, 0.3) is 10.8 Å². The standard InChI is InChI=1S/C30H30N2O2S/c1-30(2,3)21-16-17-23-25(18-21)35-29(32-27(33)20-11-5-4-6-12-20)26(23)28(34)31-24-15-9-13-19-10-7-8-14-22(19)24/h4-15,21H,16-18H2,1-3H3,(H,31,34)(H,32,33)/t21-/m1/s1. The quantitative estimate of drug-likeness (QED) is 0.315. The summed E-state index contributed by atoms with van der Waals surface area (Å²) in [6, 6.07) is 23.1. The van der Waals surface area contributed by atoms with E-state index in [-0.39, 0.29) is 17.2 Å². The van der Waals surface area contributed by atoms with Crippen molar-refractivity contribution in [2.24, 2.45) is 11.3 Å². The van der Waals surface area contributed by atoms with Crippen LogP contribution in [0.1, 0.15) is 58.3 Å². The van der Waals surface area contributed by atoms with Gasteiger partial charge in [-0.25, -0.2) is 0 Å². The first-order valence-electron chi connectivity index (χ1n) is 12.1. The van der Waals surface area contributed by atoms with E-state index in [0.717, 1.165) is 41.3 Å². The van der Waals surface area contributed by atoms with Crippen molar-refractivity contribution < 1.29 is 9.59 Å². The highest BCUT2D eigenvalue weighted by Gasteiger charge is 2.34. The summed E-state index contributed by atoms with van der Waals surface area (Å²) in [5, 5.41) is 8.91. The molecule has 0 spiro atoms. The van der Waals surface area contributed by atoms with Gasteiger partial charge in [0.05, 0.1) is 5.56 Å². The lowest BCUT2D eigenvalue weighted by Crippen LogP contribution is -2.27. The number of rotatable bonds is 4. The van der Waals surface area contributed by atoms with Gasteiger partial charge in [-0.2, -0.15) is 0 Å². The summed E-state index contributed by atoms with van der Waals surface area (Å²) >= 11 is 1.55. The summed E-state index contributed by atoms with van der Waals surface area (Å²) in [6.45, 7) is 6.84. The zero-order chi connectivity index (χ0) is 24.6. The van der Waals surface area contributed by atoms with Crippen LogP contribution in [0.5, 0.6) is 0 Å². The molecule has 0 saturated heterocycles. The van der Waals surface area contributed by atoms with E-state index in [0.29, 0.717) is 22.0 Å². The van der Waals surface area contributed by atoms with E-state index in [4.69, 9.17) is 0 Å². The molecule has 1 atom stereocenters. The van der Waals surface area contributed by atoms with Crippen LogP contribution >= 0.6 is 11.3 Å². The molecule has 0 radical (unpaired) electrons. The third kappa shape index (κ3) is 4.73. The molecule has 0 unspecified atom stereocenters. The van der Waals surface area contributed by atoms with Gasteiger partial charge in [0.1, 0.15) is 5.00 Å². The van der Waals surface area contributed by atoms with E-state index in [9.17, 15) is 9.59 Å². The SMILES string of the molecule is CC(C)(C)[C@@H]1CCc2c(sc(NC(=O)c3ccccc3)c2C(=O)Nc2cccc3ccccc23)C1. The van der Waals surface area contributed by atoms with Crippen molar-refractivity contribution in [3.8, 4) is 0 Å². The van der Waals surface area contributed by atoms with Crippen LogP contribution in [0, 0.1) is 11.3 Å². The molecule has 4 aromatic rings. The molecule has 1 aliphatic carbocycles. The van der Waals surface area contributed by atoms with Crippen LogP contribution in [0.15, 0.2) is 72.8 Å². The Morgan fingerprint density at radius 1 is 0.857 bits per heavy atom. The molecule has 1 heterocycles. The summed E-state index contributed by atoms with van der Waals surface area (Å²) in [7, 11) is 0. The highest BCUT2D eigenvalue weighted by Crippen LogP contribution is 2.44. The second kappa shape index (κ2) is 9.31. The number of benzene rings is 3. The summed E-state index contributed by atoms with van der Waals surface area (Å²) in [4.78, 5) is 28.0. The lowest BCUT2D eigenvalue weighted by molar-refractivity contribution is 0.102. The predicted molar refractivity (Wildman–Crippen MR) is 146 cm³/mol. The van der Waals surface area contributed by atoms with Gasteiger partial charge in [-0.3, -0.25) is 9.59 Å². The number of fused-ring (bicyclic) bond motifs is 2. The number of anilines is 2. The van der Waals surface area contributed by atoms with Crippen molar-refractivity contribution >= 4 is 44.6 Å². The molecular formula is C30H30N2O2S. The minimum Gasteiger partial charge on any atom is -0.321 e. The monoisotopic (exact) mass is 482 g/mol. The van der Waals surface area contributed by atoms with Gasteiger partial charge >= 0.3 is 0 Å². The van der Waals surface area contributed by atoms with E-state index in [1.807, 2.05) is 60.7 Å². The third-order valence-corrected chi connectivity index (χ3v) is 8.19. The van der Waals surface area contributed by atoms with Crippen molar-refractivity contribution in [2.75, 3.05) is 10.6 Å². The molecule has 5 heteroatoms. The van der Waals surface area contributed by atoms with Gasteiger partial charge in [-0.05, 0) is 59.7 Å². The molecule has 0 aliphatic heterocycles. The second-order valence-electron chi connectivity index (χ2n) is 10.3. The van der Waals surface area contributed by atoms with Crippen LogP contribution in [0.2, 0.25) is 0 Å². The van der Waals surface area contributed by atoms with Crippen molar-refractivity contribution in [1.82, 2.24) is 0 Å². The zero-order valence-corrected chi connectivity index (χ0v) is 21.2. The molecule has 1 aromatic heterocycles. The average Bonchev–Trinajstić information content (AvgIpc) is 3.21. The van der Waals surface area contributed by atoms with E-state index >= 15 is 0 Å². The zero-order valence-electron chi connectivity index (χ0n) is 20.4. The molecule has 2 amide bonds. The molecule has 0 fully saturated rings. The molecule has 178 valence electrons. The van der Waals surface area contributed by atoms with Gasteiger partial charge in [0.25, 0.3) is 11.8 Å². The van der Waals surface area contributed by atoms with Crippen molar-refractivity contribution in [1.29, 1.82) is 0 Å². The molecule has 4 nitrogen and oxygen atoms in total. The summed E-state index contributed by atoms with van der Waals surface area (Å²) in [5.41, 5.74) is 3.23. The summed E-state index contributed by atoms with van der Waals surface area (Å²) in [6.07, 6.45) is 2.81. The van der Waals surface area contributed by atoms with Gasteiger partial charge in [-0.15, -0.1) is 11.3 Å². The average molecular weight is 483 g/mol. The van der Waals surface area contributed by atoms with E-state index in [2.05, 4.69) is 31.4 Å². The highest BCUT2D eigenvalue weighted by atomic mass is 32.1. The summed E-state index contributed by atoms with van der Waals surface area (Å²) < 4.78 is 0. The fraction of sp³-hybridized carbons (Fsp3) is 0.267. The molecule has 2 N–H and O–H groups in total. The number of hydrogen-bond donors (Lipinski definition) is 2. The molecule has 0 bridgehead atoms. The normalized spacial score (nSPS) is 15.5. The Balaban J connectivity index is 1.52. The number of hydrogen-bond acceptors (Lipinski definition) is 3. The minimum absolute atomic E-state index is 0.170. The van der Waals surface area contributed by atoms with Crippen LogP contribution < -0.4 is 10.6 Å². The maximum absolute atomic E-state index is 13.8. The maximum Gasteiger partial charge on any atom is 0.258 e. The van der Waals surface area contributed by atoms with Gasteiger partial charge in [0.2, 0.25) is 0 Å². The van der Waals surface area contributed by atoms with Crippen LogP contribution in [0.4, 0.5) is 10.7 Å². The van der Waals surface area contributed by atoms with Crippen molar-refractivity contribution in [3.05, 3.63) is 94.4 Å². The number of carbonyl (C=O) groups is 2. The predicted octanol–water partition coefficient (Wildman–Crippen LogP) is 7.56. The van der Waals surface area contributed by atoms with E-state index < -0.39 is 0 Å². The highest BCUT2D eigenvalue weighted by molar-refractivity contribution is 7.17. The van der Waals surface area contributed by atoms with Crippen molar-refractivity contribution in [2.45, 2.75) is 40.0 Å². The number of amides is 2. The van der Waals surface area contributed by atoms with Gasteiger partial charge in [0, 0.05) is 21.5 Å². The maximum atomic E-state index is 13.8. The smallest absolute Gasteiger partial charge is 0.258 e. The van der Waals surface area contributed by atoms with Crippen LogP contribution in [0.3, 0.4) is 0 Å². The Morgan fingerprint density at radius 3 is 2.34 bits per heavy atom. The fourth-order valence-electron chi connectivity index (χ4n) is 4.94. The molecule has 0 saturated carbocycles. The lowest BCUT2D eigenvalue weighted by atomic mass is 9.72. The molecule has 5 rings (SSSR count). The van der Waals surface area contributed by atoms with Crippen LogP contribution in [-0.2, 0) is 12.8 Å². The summed E-state index contributed by atoms with van der Waals surface area (Å²) in [5.74, 6) is 0.174. The Morgan fingerprint density at radius 2 is 1.57 bits per heavy atom. The molecule has 3 aromatic carbocycles. The fourth-order valence-corrected chi connectivity index (χ4v) is 6.26. The third-order valence-electron chi connectivity index (χ3n) is 7.02. The number of carbonyl (C=O) groups excluding carboxylic acids is 2. The van der Waals surface area contributed by atoms with Gasteiger partial charge in [-0.1, -0.05) is 75.4 Å². The molecule has 35 heavy (non-hydrogen) atoms. The number of nitrogens with one attached hydrogen (secondary N) is 2. The largest absolute Gasteiger partial charge is 0.321 e. The van der Waals surface area contributed by atoms with Crippen molar-refractivity contribution in [3.63, 3.8) is 0 Å². The van der Waals surface area contributed by atoms with Gasteiger partial charge < -0.3 is 10.6 Å². The Kier molecular flexibility index (Phi) is 6.20. The Labute approximate surface area is 210 Å². The van der Waals surface area contributed by atoms with Gasteiger partial charge in [0.15, 0.2) is 0 Å². The van der Waals surface area contributed by atoms with Crippen LogP contribution in [-0.4, -0.2) is 11.8 Å². The Hall–Kier alpha value is -3.44. The first kappa shape index (κ1) is 23.3. The van der Waals surface area contributed by atoms with E-state index in [1.165, 1.54) is 4.88 Å². The first-order valence-corrected chi connectivity index (χ1v) is 12.9. The lowest BCUT2D eigenvalue weighted by Gasteiger charge is -2.33. The second-order valence-corrected chi connectivity index (χ2v) is 11.4. The Bertz CT molecular complexity index is 1390. The topological polar surface area (TPSA) is 58.2 Å². The first-order chi connectivity index (χ1) is 16.8. The number of thiophene rings is 1.